The highest BCUT2D eigenvalue weighted by molar-refractivity contribution is 5.84. The van der Waals surface area contributed by atoms with Crippen LogP contribution in [0.25, 0.3) is 0 Å². The van der Waals surface area contributed by atoms with E-state index >= 15 is 0 Å². The summed E-state index contributed by atoms with van der Waals surface area (Å²) in [6.07, 6.45) is 0.801. The fourth-order valence-electron chi connectivity index (χ4n) is 2.33. The van der Waals surface area contributed by atoms with Gasteiger partial charge in [-0.1, -0.05) is 18.2 Å². The molecule has 1 aromatic carbocycles. The molecule has 0 spiro atoms. The second-order valence-corrected chi connectivity index (χ2v) is 4.35. The SMILES string of the molecule is CC(=O)CC1NC(=O)Cc2cccc(C)c21. The van der Waals surface area contributed by atoms with E-state index in [-0.39, 0.29) is 17.7 Å². The maximum absolute atomic E-state index is 11.5. The van der Waals surface area contributed by atoms with Crippen LogP contribution in [0.5, 0.6) is 0 Å². The number of ketones is 1. The minimum atomic E-state index is -0.144. The van der Waals surface area contributed by atoms with E-state index in [0.717, 1.165) is 16.7 Å². The Morgan fingerprint density at radius 3 is 2.94 bits per heavy atom. The predicted molar refractivity (Wildman–Crippen MR) is 61.1 cm³/mol. The molecule has 0 radical (unpaired) electrons. The molecule has 3 nitrogen and oxygen atoms in total. The Hall–Kier alpha value is -1.64. The number of amides is 1. The van der Waals surface area contributed by atoms with Crippen molar-refractivity contribution in [3.63, 3.8) is 0 Å². The van der Waals surface area contributed by atoms with Crippen LogP contribution in [0.2, 0.25) is 0 Å². The summed E-state index contributed by atoms with van der Waals surface area (Å²) in [7, 11) is 0. The average molecular weight is 217 g/mol. The second-order valence-electron chi connectivity index (χ2n) is 4.35. The summed E-state index contributed by atoms with van der Waals surface area (Å²) in [5.74, 6) is 0.103. The van der Waals surface area contributed by atoms with Crippen LogP contribution in [-0.4, -0.2) is 11.7 Å². The Morgan fingerprint density at radius 1 is 1.50 bits per heavy atom. The van der Waals surface area contributed by atoms with Crippen LogP contribution < -0.4 is 5.32 Å². The number of carbonyl (C=O) groups is 2. The number of rotatable bonds is 2. The number of carbonyl (C=O) groups excluding carboxylic acids is 2. The van der Waals surface area contributed by atoms with Crippen molar-refractivity contribution in [3.8, 4) is 0 Å². The summed E-state index contributed by atoms with van der Waals surface area (Å²) in [6.45, 7) is 3.57. The number of fused-ring (bicyclic) bond motifs is 1. The standard InChI is InChI=1S/C13H15NO2/c1-8-4-3-5-10-7-12(16)14-11(13(8)10)6-9(2)15/h3-5,11H,6-7H2,1-2H3,(H,14,16). The molecular weight excluding hydrogens is 202 g/mol. The molecule has 16 heavy (non-hydrogen) atoms. The molecule has 0 aromatic heterocycles. The van der Waals surface area contributed by atoms with Gasteiger partial charge in [-0.25, -0.2) is 0 Å². The number of nitrogens with one attached hydrogen (secondary N) is 1. The molecule has 1 unspecified atom stereocenters. The third-order valence-electron chi connectivity index (χ3n) is 2.94. The zero-order valence-electron chi connectivity index (χ0n) is 9.54. The topological polar surface area (TPSA) is 46.2 Å². The lowest BCUT2D eigenvalue weighted by molar-refractivity contribution is -0.122. The molecule has 1 heterocycles. The molecule has 1 atom stereocenters. The van der Waals surface area contributed by atoms with Gasteiger partial charge in [0.1, 0.15) is 5.78 Å². The molecule has 1 amide bonds. The highest BCUT2D eigenvalue weighted by Crippen LogP contribution is 2.28. The van der Waals surface area contributed by atoms with E-state index in [9.17, 15) is 9.59 Å². The first-order chi connectivity index (χ1) is 7.58. The Morgan fingerprint density at radius 2 is 2.25 bits per heavy atom. The molecule has 1 aliphatic rings. The number of Topliss-reactive ketones (excluding diaryl/α,β-unsaturated/α-hetero) is 1. The number of hydrogen-bond acceptors (Lipinski definition) is 2. The lowest BCUT2D eigenvalue weighted by Crippen LogP contribution is -2.36. The number of benzene rings is 1. The monoisotopic (exact) mass is 217 g/mol. The fourth-order valence-corrected chi connectivity index (χ4v) is 2.33. The van der Waals surface area contributed by atoms with Crippen molar-refractivity contribution >= 4 is 11.7 Å². The number of aryl methyl sites for hydroxylation is 1. The fraction of sp³-hybridized carbons (Fsp3) is 0.385. The zero-order valence-corrected chi connectivity index (χ0v) is 9.54. The van der Waals surface area contributed by atoms with Crippen LogP contribution in [0.15, 0.2) is 18.2 Å². The van der Waals surface area contributed by atoms with E-state index < -0.39 is 0 Å². The van der Waals surface area contributed by atoms with Gasteiger partial charge in [-0.2, -0.15) is 0 Å². The summed E-state index contributed by atoms with van der Waals surface area (Å²) < 4.78 is 0. The minimum absolute atomic E-state index is 0.00403. The Labute approximate surface area is 94.9 Å². The first-order valence-corrected chi connectivity index (χ1v) is 5.45. The smallest absolute Gasteiger partial charge is 0.224 e. The van der Waals surface area contributed by atoms with Crippen LogP contribution >= 0.6 is 0 Å². The lowest BCUT2D eigenvalue weighted by atomic mass is 9.88. The molecule has 0 fully saturated rings. The highest BCUT2D eigenvalue weighted by atomic mass is 16.2. The van der Waals surface area contributed by atoms with Gasteiger partial charge in [-0.05, 0) is 30.5 Å². The van der Waals surface area contributed by atoms with Gasteiger partial charge in [0.2, 0.25) is 5.91 Å². The van der Waals surface area contributed by atoms with Crippen molar-refractivity contribution in [1.82, 2.24) is 5.32 Å². The summed E-state index contributed by atoms with van der Waals surface area (Å²) in [6, 6.07) is 5.80. The molecular formula is C13H15NO2. The Kier molecular flexibility index (Phi) is 2.77. The predicted octanol–water partition coefficient (Wildman–Crippen LogP) is 1.69. The van der Waals surface area contributed by atoms with Gasteiger partial charge >= 0.3 is 0 Å². The van der Waals surface area contributed by atoms with Crippen LogP contribution in [0.3, 0.4) is 0 Å². The van der Waals surface area contributed by atoms with Gasteiger partial charge in [0.25, 0.3) is 0 Å². The van der Waals surface area contributed by atoms with Gasteiger partial charge in [0, 0.05) is 6.42 Å². The van der Waals surface area contributed by atoms with Gasteiger partial charge in [-0.15, -0.1) is 0 Å². The van der Waals surface area contributed by atoms with Crippen LogP contribution in [-0.2, 0) is 16.0 Å². The van der Waals surface area contributed by atoms with Crippen LogP contribution in [0.1, 0.15) is 36.1 Å². The number of hydrogen-bond donors (Lipinski definition) is 1. The first kappa shape index (κ1) is 10.9. The van der Waals surface area contributed by atoms with Gasteiger partial charge in [0.15, 0.2) is 0 Å². The van der Waals surface area contributed by atoms with Gasteiger partial charge in [-0.3, -0.25) is 9.59 Å². The molecule has 0 bridgehead atoms. The quantitative estimate of drug-likeness (QED) is 0.819. The Balaban J connectivity index is 2.43. The molecule has 84 valence electrons. The maximum Gasteiger partial charge on any atom is 0.224 e. The normalized spacial score (nSPS) is 18.9. The van der Waals surface area contributed by atoms with E-state index in [0.29, 0.717) is 12.8 Å². The molecule has 0 aliphatic carbocycles. The molecule has 2 rings (SSSR count). The molecule has 3 heteroatoms. The third kappa shape index (κ3) is 1.98. The summed E-state index contributed by atoms with van der Waals surface area (Å²) in [5, 5.41) is 2.88. The lowest BCUT2D eigenvalue weighted by Gasteiger charge is -2.27. The maximum atomic E-state index is 11.5. The minimum Gasteiger partial charge on any atom is -0.349 e. The second kappa shape index (κ2) is 4.08. The van der Waals surface area contributed by atoms with Crippen molar-refractivity contribution < 1.29 is 9.59 Å². The van der Waals surface area contributed by atoms with E-state index in [2.05, 4.69) is 5.32 Å². The van der Waals surface area contributed by atoms with E-state index in [4.69, 9.17) is 0 Å². The zero-order chi connectivity index (χ0) is 11.7. The van der Waals surface area contributed by atoms with Crippen molar-refractivity contribution in [2.75, 3.05) is 0 Å². The van der Waals surface area contributed by atoms with E-state index in [1.165, 1.54) is 0 Å². The first-order valence-electron chi connectivity index (χ1n) is 5.45. The Bertz CT molecular complexity index is 451. The third-order valence-corrected chi connectivity index (χ3v) is 2.94. The van der Waals surface area contributed by atoms with Crippen LogP contribution in [0, 0.1) is 6.92 Å². The van der Waals surface area contributed by atoms with E-state index in [1.807, 2.05) is 25.1 Å². The largest absolute Gasteiger partial charge is 0.349 e. The van der Waals surface area contributed by atoms with Crippen molar-refractivity contribution in [2.45, 2.75) is 32.7 Å². The summed E-state index contributed by atoms with van der Waals surface area (Å²) in [5.41, 5.74) is 3.32. The van der Waals surface area contributed by atoms with Crippen LogP contribution in [0.4, 0.5) is 0 Å². The molecule has 1 aliphatic heterocycles. The molecule has 0 saturated heterocycles. The molecule has 0 saturated carbocycles. The summed E-state index contributed by atoms with van der Waals surface area (Å²) >= 11 is 0. The summed E-state index contributed by atoms with van der Waals surface area (Å²) in [4.78, 5) is 22.7. The van der Waals surface area contributed by atoms with Crippen molar-refractivity contribution in [1.29, 1.82) is 0 Å². The molecule has 1 aromatic rings. The van der Waals surface area contributed by atoms with Gasteiger partial charge in [0.05, 0.1) is 12.5 Å². The highest BCUT2D eigenvalue weighted by Gasteiger charge is 2.26. The van der Waals surface area contributed by atoms with E-state index in [1.54, 1.807) is 6.92 Å². The van der Waals surface area contributed by atoms with Crippen molar-refractivity contribution in [3.05, 3.63) is 34.9 Å². The average Bonchev–Trinajstić information content (AvgIpc) is 2.15. The van der Waals surface area contributed by atoms with Crippen molar-refractivity contribution in [2.24, 2.45) is 0 Å². The molecule has 1 N–H and O–H groups in total. The van der Waals surface area contributed by atoms with Gasteiger partial charge < -0.3 is 5.32 Å².